The van der Waals surface area contributed by atoms with Crippen molar-refractivity contribution in [1.29, 1.82) is 0 Å². The van der Waals surface area contributed by atoms with Gasteiger partial charge in [-0.15, -0.1) is 0 Å². The van der Waals surface area contributed by atoms with Crippen LogP contribution in [0.4, 0.5) is 0 Å². The Morgan fingerprint density at radius 3 is 2.37 bits per heavy atom. The molecule has 1 saturated heterocycles. The molecule has 1 amide bonds. The van der Waals surface area contributed by atoms with Gasteiger partial charge < -0.3 is 10.4 Å². The zero-order valence-electron chi connectivity index (χ0n) is 16.0. The Morgan fingerprint density at radius 1 is 1.22 bits per heavy atom. The monoisotopic (exact) mass is 396 g/mol. The van der Waals surface area contributed by atoms with Gasteiger partial charge in [0.15, 0.2) is 0 Å². The molecule has 2 atom stereocenters. The summed E-state index contributed by atoms with van der Waals surface area (Å²) in [5.41, 5.74) is 0.232. The summed E-state index contributed by atoms with van der Waals surface area (Å²) < 4.78 is 27.1. The Labute approximate surface area is 160 Å². The highest BCUT2D eigenvalue weighted by atomic mass is 32.2. The topological polar surface area (TPSA) is 104 Å². The fourth-order valence-electron chi connectivity index (χ4n) is 3.28. The van der Waals surface area contributed by atoms with Crippen LogP contribution in [-0.2, 0) is 14.8 Å². The minimum Gasteiger partial charge on any atom is -0.480 e. The molecule has 1 aromatic rings. The molecule has 0 saturated carbocycles. The van der Waals surface area contributed by atoms with Gasteiger partial charge in [-0.3, -0.25) is 4.79 Å². The van der Waals surface area contributed by atoms with Crippen molar-refractivity contribution < 1.29 is 23.1 Å². The maximum absolute atomic E-state index is 12.8. The van der Waals surface area contributed by atoms with Gasteiger partial charge in [-0.1, -0.05) is 20.3 Å². The number of aliphatic carboxylic acids is 1. The normalized spacial score (nSPS) is 19.6. The maximum atomic E-state index is 12.8. The molecule has 2 N–H and O–H groups in total. The number of benzene rings is 1. The summed E-state index contributed by atoms with van der Waals surface area (Å²) in [6, 6.07) is 4.64. The standard InChI is InChI=1S/C19H28N2O5S/c1-13(2)12-17(19(23)24)20-18(22)15-7-9-16(10-8-15)27(25,26)21-11-5-4-6-14(21)3/h7-10,13-14,17H,4-6,11-12H2,1-3H3,(H,20,22)(H,23,24). The van der Waals surface area contributed by atoms with Crippen LogP contribution in [0, 0.1) is 5.92 Å². The van der Waals surface area contributed by atoms with Gasteiger partial charge in [0.25, 0.3) is 5.91 Å². The lowest BCUT2D eigenvalue weighted by molar-refractivity contribution is -0.139. The largest absolute Gasteiger partial charge is 0.480 e. The number of carboxylic acids is 1. The summed E-state index contributed by atoms with van der Waals surface area (Å²) >= 11 is 0. The van der Waals surface area contributed by atoms with Gasteiger partial charge in [-0.05, 0) is 56.4 Å². The molecule has 8 heteroatoms. The van der Waals surface area contributed by atoms with Crippen molar-refractivity contribution >= 4 is 21.9 Å². The van der Waals surface area contributed by atoms with Crippen molar-refractivity contribution in [2.45, 2.75) is 63.4 Å². The van der Waals surface area contributed by atoms with E-state index >= 15 is 0 Å². The summed E-state index contributed by atoms with van der Waals surface area (Å²) in [4.78, 5) is 23.8. The zero-order valence-corrected chi connectivity index (χ0v) is 16.8. The number of carbonyl (C=O) groups excluding carboxylic acids is 1. The molecule has 0 radical (unpaired) electrons. The highest BCUT2D eigenvalue weighted by Crippen LogP contribution is 2.25. The van der Waals surface area contributed by atoms with Crippen LogP contribution >= 0.6 is 0 Å². The third-order valence-corrected chi connectivity index (χ3v) is 6.80. The smallest absolute Gasteiger partial charge is 0.326 e. The SMILES string of the molecule is CC(C)CC(NC(=O)c1ccc(S(=O)(=O)N2CCCCC2C)cc1)C(=O)O. The van der Waals surface area contributed by atoms with E-state index in [1.807, 2.05) is 20.8 Å². The Kier molecular flexibility index (Phi) is 7.00. The number of carboxylic acid groups (broad SMARTS) is 1. The maximum Gasteiger partial charge on any atom is 0.326 e. The van der Waals surface area contributed by atoms with Gasteiger partial charge in [0.05, 0.1) is 4.90 Å². The lowest BCUT2D eigenvalue weighted by Gasteiger charge is -2.32. The number of amides is 1. The Bertz CT molecular complexity index is 774. The zero-order chi connectivity index (χ0) is 20.2. The van der Waals surface area contributed by atoms with Crippen LogP contribution in [0.2, 0.25) is 0 Å². The molecular formula is C19H28N2O5S. The molecular weight excluding hydrogens is 368 g/mol. The van der Waals surface area contributed by atoms with Crippen molar-refractivity contribution in [1.82, 2.24) is 9.62 Å². The van der Waals surface area contributed by atoms with E-state index in [0.29, 0.717) is 13.0 Å². The highest BCUT2D eigenvalue weighted by molar-refractivity contribution is 7.89. The molecule has 27 heavy (non-hydrogen) atoms. The van der Waals surface area contributed by atoms with E-state index < -0.39 is 27.9 Å². The molecule has 1 fully saturated rings. The molecule has 2 unspecified atom stereocenters. The van der Waals surface area contributed by atoms with Crippen molar-refractivity contribution in [2.24, 2.45) is 5.92 Å². The lowest BCUT2D eigenvalue weighted by Crippen LogP contribution is -2.42. The van der Waals surface area contributed by atoms with Crippen LogP contribution in [-0.4, -0.2) is 48.3 Å². The number of hydrogen-bond donors (Lipinski definition) is 2. The van der Waals surface area contributed by atoms with Crippen LogP contribution in [0.3, 0.4) is 0 Å². The Morgan fingerprint density at radius 2 is 1.85 bits per heavy atom. The fraction of sp³-hybridized carbons (Fsp3) is 0.579. The minimum atomic E-state index is -3.60. The number of rotatable bonds is 7. The summed E-state index contributed by atoms with van der Waals surface area (Å²) in [5, 5.41) is 11.7. The first-order chi connectivity index (χ1) is 12.6. The predicted octanol–water partition coefficient (Wildman–Crippen LogP) is 2.48. The minimum absolute atomic E-state index is 0.0425. The predicted molar refractivity (Wildman–Crippen MR) is 102 cm³/mol. The second-order valence-corrected chi connectivity index (χ2v) is 9.37. The number of nitrogens with zero attached hydrogens (tertiary/aromatic N) is 1. The second-order valence-electron chi connectivity index (χ2n) is 7.48. The van der Waals surface area contributed by atoms with Crippen LogP contribution in [0.1, 0.15) is 56.8 Å². The molecule has 0 bridgehead atoms. The van der Waals surface area contributed by atoms with E-state index in [0.717, 1.165) is 19.3 Å². The molecule has 0 aromatic heterocycles. The fourth-order valence-corrected chi connectivity index (χ4v) is 4.98. The van der Waals surface area contributed by atoms with Crippen molar-refractivity contribution in [3.05, 3.63) is 29.8 Å². The van der Waals surface area contributed by atoms with E-state index in [2.05, 4.69) is 5.32 Å². The molecule has 0 spiro atoms. The van der Waals surface area contributed by atoms with Crippen molar-refractivity contribution in [2.75, 3.05) is 6.54 Å². The van der Waals surface area contributed by atoms with E-state index in [9.17, 15) is 23.1 Å². The highest BCUT2D eigenvalue weighted by Gasteiger charge is 2.31. The third-order valence-electron chi connectivity index (χ3n) is 4.78. The average Bonchev–Trinajstić information content (AvgIpc) is 2.61. The van der Waals surface area contributed by atoms with Gasteiger partial charge in [0.1, 0.15) is 6.04 Å². The quantitative estimate of drug-likeness (QED) is 0.737. The third kappa shape index (κ3) is 5.29. The number of hydrogen-bond acceptors (Lipinski definition) is 4. The van der Waals surface area contributed by atoms with E-state index in [4.69, 9.17) is 0 Å². The number of piperidine rings is 1. The lowest BCUT2D eigenvalue weighted by atomic mass is 10.0. The summed E-state index contributed by atoms with van der Waals surface area (Å²) in [5.74, 6) is -1.50. The van der Waals surface area contributed by atoms with Crippen molar-refractivity contribution in [3.8, 4) is 0 Å². The molecule has 1 aliphatic heterocycles. The van der Waals surface area contributed by atoms with E-state index in [-0.39, 0.29) is 22.4 Å². The van der Waals surface area contributed by atoms with Gasteiger partial charge >= 0.3 is 5.97 Å². The first-order valence-corrected chi connectivity index (χ1v) is 10.7. The molecule has 0 aliphatic carbocycles. The Hall–Kier alpha value is -1.93. The van der Waals surface area contributed by atoms with Gasteiger partial charge in [-0.25, -0.2) is 13.2 Å². The molecule has 2 rings (SSSR count). The second kappa shape index (κ2) is 8.84. The average molecular weight is 397 g/mol. The molecule has 1 aliphatic rings. The molecule has 150 valence electrons. The van der Waals surface area contributed by atoms with Crippen LogP contribution in [0.15, 0.2) is 29.2 Å². The van der Waals surface area contributed by atoms with Crippen LogP contribution < -0.4 is 5.32 Å². The summed E-state index contributed by atoms with van der Waals surface area (Å²) in [6.45, 7) is 6.16. The number of sulfonamides is 1. The first-order valence-electron chi connectivity index (χ1n) is 9.28. The molecule has 1 heterocycles. The first kappa shape index (κ1) is 21.4. The van der Waals surface area contributed by atoms with E-state index in [1.165, 1.54) is 28.6 Å². The van der Waals surface area contributed by atoms with E-state index in [1.54, 1.807) is 0 Å². The van der Waals surface area contributed by atoms with Crippen LogP contribution in [0.25, 0.3) is 0 Å². The summed E-state index contributed by atoms with van der Waals surface area (Å²) in [6.07, 6.45) is 3.02. The van der Waals surface area contributed by atoms with Gasteiger partial charge in [0.2, 0.25) is 10.0 Å². The van der Waals surface area contributed by atoms with Gasteiger partial charge in [-0.2, -0.15) is 4.31 Å². The van der Waals surface area contributed by atoms with Crippen molar-refractivity contribution in [3.63, 3.8) is 0 Å². The molecule has 7 nitrogen and oxygen atoms in total. The van der Waals surface area contributed by atoms with Crippen LogP contribution in [0.5, 0.6) is 0 Å². The Balaban J connectivity index is 2.14. The van der Waals surface area contributed by atoms with Gasteiger partial charge in [0, 0.05) is 18.2 Å². The summed E-state index contributed by atoms with van der Waals surface area (Å²) in [7, 11) is -3.60. The number of nitrogens with one attached hydrogen (secondary N) is 1. The number of carbonyl (C=O) groups is 2. The molecule has 1 aromatic carbocycles.